The molecule has 0 saturated carbocycles. The third kappa shape index (κ3) is 5.24. The molecule has 1 fully saturated rings. The Morgan fingerprint density at radius 1 is 1.17 bits per heavy atom. The predicted molar refractivity (Wildman–Crippen MR) is 112 cm³/mol. The molecule has 0 N–H and O–H groups in total. The number of para-hydroxylation sites is 1. The summed E-state index contributed by atoms with van der Waals surface area (Å²) in [6.45, 7) is 0.223. The van der Waals surface area contributed by atoms with Crippen LogP contribution in [0.2, 0.25) is 5.02 Å². The lowest BCUT2D eigenvalue weighted by Crippen LogP contribution is -2.32. The maximum absolute atomic E-state index is 12.4. The number of imide groups is 1. The number of nitro benzene ring substituents is 1. The molecule has 0 aromatic heterocycles. The van der Waals surface area contributed by atoms with E-state index >= 15 is 0 Å². The fourth-order valence-corrected chi connectivity index (χ4v) is 3.51. The maximum atomic E-state index is 12.4. The summed E-state index contributed by atoms with van der Waals surface area (Å²) in [4.78, 5) is 36.2. The van der Waals surface area contributed by atoms with Gasteiger partial charge in [0, 0.05) is 12.1 Å². The Balaban J connectivity index is 1.60. The van der Waals surface area contributed by atoms with E-state index in [4.69, 9.17) is 16.3 Å². The van der Waals surface area contributed by atoms with Gasteiger partial charge in [0.1, 0.15) is 12.4 Å². The number of hydrogen-bond donors (Lipinski definition) is 0. The lowest BCUT2D eigenvalue weighted by molar-refractivity contribution is -0.384. The number of amides is 2. The standard InChI is InChI=1S/C20H15ClN2O5S/c21-16-8-1-2-9-17(16)28-12-11-22-19(24)18(29-20(22)25)10-4-6-14-5-3-7-15(13-14)23(26)27/h1-10,13H,11-12H2/b6-4+,18-10-. The third-order valence-electron chi connectivity index (χ3n) is 3.90. The number of allylic oxidation sites excluding steroid dienone is 2. The van der Waals surface area contributed by atoms with Crippen LogP contribution in [0, 0.1) is 10.1 Å². The SMILES string of the molecule is O=C1S/C(=C\C=C\c2cccc([N+](=O)[O-])c2)C(=O)N1CCOc1ccccc1Cl. The van der Waals surface area contributed by atoms with Crippen LogP contribution in [-0.2, 0) is 4.79 Å². The van der Waals surface area contributed by atoms with E-state index < -0.39 is 10.8 Å². The van der Waals surface area contributed by atoms with Gasteiger partial charge in [0.25, 0.3) is 16.8 Å². The van der Waals surface area contributed by atoms with Crippen LogP contribution in [-0.4, -0.2) is 34.1 Å². The number of carbonyl (C=O) groups is 2. The summed E-state index contributed by atoms with van der Waals surface area (Å²) in [6.07, 6.45) is 4.72. The molecule has 2 aromatic rings. The molecule has 29 heavy (non-hydrogen) atoms. The lowest BCUT2D eigenvalue weighted by Gasteiger charge is -2.13. The van der Waals surface area contributed by atoms with E-state index in [9.17, 15) is 19.7 Å². The molecule has 2 aromatic carbocycles. The summed E-state index contributed by atoms with van der Waals surface area (Å²) < 4.78 is 5.52. The van der Waals surface area contributed by atoms with Crippen molar-refractivity contribution in [2.45, 2.75) is 0 Å². The molecule has 7 nitrogen and oxygen atoms in total. The molecule has 2 amide bonds. The molecule has 9 heteroatoms. The van der Waals surface area contributed by atoms with Crippen molar-refractivity contribution in [1.82, 2.24) is 4.90 Å². The normalized spacial score (nSPS) is 15.5. The number of carbonyl (C=O) groups excluding carboxylic acids is 2. The molecule has 0 radical (unpaired) electrons. The average Bonchev–Trinajstić information content (AvgIpc) is 2.97. The summed E-state index contributed by atoms with van der Waals surface area (Å²) >= 11 is 6.84. The highest BCUT2D eigenvalue weighted by molar-refractivity contribution is 8.18. The molecule has 0 aliphatic carbocycles. The Morgan fingerprint density at radius 3 is 2.72 bits per heavy atom. The van der Waals surface area contributed by atoms with Gasteiger partial charge in [-0.15, -0.1) is 0 Å². The van der Waals surface area contributed by atoms with Crippen LogP contribution >= 0.6 is 23.4 Å². The van der Waals surface area contributed by atoms with Crippen LogP contribution in [0.1, 0.15) is 5.56 Å². The topological polar surface area (TPSA) is 89.8 Å². The second-order valence-electron chi connectivity index (χ2n) is 5.85. The van der Waals surface area contributed by atoms with Gasteiger partial charge in [0.05, 0.1) is 21.4 Å². The zero-order chi connectivity index (χ0) is 20.8. The van der Waals surface area contributed by atoms with Gasteiger partial charge in [0.15, 0.2) is 0 Å². The summed E-state index contributed by atoms with van der Waals surface area (Å²) in [7, 11) is 0. The molecule has 0 atom stereocenters. The van der Waals surface area contributed by atoms with Gasteiger partial charge in [-0.25, -0.2) is 0 Å². The van der Waals surface area contributed by atoms with Crippen molar-refractivity contribution in [3.05, 3.63) is 86.3 Å². The van der Waals surface area contributed by atoms with Crippen LogP contribution in [0.5, 0.6) is 5.75 Å². The molecule has 0 spiro atoms. The van der Waals surface area contributed by atoms with Crippen molar-refractivity contribution in [3.8, 4) is 5.75 Å². The highest BCUT2D eigenvalue weighted by Gasteiger charge is 2.34. The number of halogens is 1. The Hall–Kier alpha value is -3.10. The van der Waals surface area contributed by atoms with Gasteiger partial charge in [-0.2, -0.15) is 0 Å². The number of rotatable bonds is 7. The highest BCUT2D eigenvalue weighted by atomic mass is 35.5. The van der Waals surface area contributed by atoms with Crippen LogP contribution in [0.4, 0.5) is 10.5 Å². The second kappa shape index (κ2) is 9.40. The third-order valence-corrected chi connectivity index (χ3v) is 5.14. The number of nitrogens with zero attached hydrogens (tertiary/aromatic N) is 2. The van der Waals surface area contributed by atoms with E-state index in [0.29, 0.717) is 16.3 Å². The number of ether oxygens (including phenoxy) is 1. The largest absolute Gasteiger partial charge is 0.490 e. The summed E-state index contributed by atoms with van der Waals surface area (Å²) in [5, 5.41) is 10.9. The van der Waals surface area contributed by atoms with Crippen molar-refractivity contribution in [1.29, 1.82) is 0 Å². The van der Waals surface area contributed by atoms with E-state index in [0.717, 1.165) is 16.7 Å². The van der Waals surface area contributed by atoms with Crippen molar-refractivity contribution >= 4 is 46.3 Å². The summed E-state index contributed by atoms with van der Waals surface area (Å²) in [5.74, 6) is 0.0722. The first-order valence-corrected chi connectivity index (χ1v) is 9.69. The number of benzene rings is 2. The summed E-state index contributed by atoms with van der Waals surface area (Å²) in [5.41, 5.74) is 0.591. The van der Waals surface area contributed by atoms with E-state index in [1.807, 2.05) is 0 Å². The van der Waals surface area contributed by atoms with E-state index in [1.54, 1.807) is 48.6 Å². The van der Waals surface area contributed by atoms with Gasteiger partial charge < -0.3 is 4.74 Å². The average molecular weight is 431 g/mol. The molecule has 0 bridgehead atoms. The lowest BCUT2D eigenvalue weighted by atomic mass is 10.2. The predicted octanol–water partition coefficient (Wildman–Crippen LogP) is 4.92. The zero-order valence-corrected chi connectivity index (χ0v) is 16.6. The first kappa shape index (κ1) is 20.6. The van der Waals surface area contributed by atoms with Crippen molar-refractivity contribution < 1.29 is 19.2 Å². The Labute approximate surface area is 175 Å². The summed E-state index contributed by atoms with van der Waals surface area (Å²) in [6, 6.07) is 13.0. The Bertz CT molecular complexity index is 1020. The number of non-ortho nitro benzene ring substituents is 1. The van der Waals surface area contributed by atoms with Gasteiger partial charge in [-0.05, 0) is 35.5 Å². The van der Waals surface area contributed by atoms with Gasteiger partial charge >= 0.3 is 0 Å². The quantitative estimate of drug-likeness (QED) is 0.352. The molecular weight excluding hydrogens is 416 g/mol. The van der Waals surface area contributed by atoms with E-state index in [-0.39, 0.29) is 29.0 Å². The monoisotopic (exact) mass is 430 g/mol. The van der Waals surface area contributed by atoms with Crippen LogP contribution in [0.25, 0.3) is 6.08 Å². The fourth-order valence-electron chi connectivity index (χ4n) is 2.50. The Morgan fingerprint density at radius 2 is 1.97 bits per heavy atom. The molecule has 0 unspecified atom stereocenters. The van der Waals surface area contributed by atoms with Crippen molar-refractivity contribution in [2.24, 2.45) is 0 Å². The molecular formula is C20H15ClN2O5S. The van der Waals surface area contributed by atoms with Crippen LogP contribution in [0.3, 0.4) is 0 Å². The molecule has 1 saturated heterocycles. The molecule has 1 heterocycles. The smallest absolute Gasteiger partial charge is 0.293 e. The maximum Gasteiger partial charge on any atom is 0.293 e. The van der Waals surface area contributed by atoms with E-state index in [1.165, 1.54) is 18.2 Å². The molecule has 3 rings (SSSR count). The minimum absolute atomic E-state index is 0.0222. The van der Waals surface area contributed by atoms with Crippen LogP contribution < -0.4 is 4.74 Å². The zero-order valence-electron chi connectivity index (χ0n) is 15.0. The number of nitro groups is 1. The molecule has 1 aliphatic heterocycles. The first-order valence-electron chi connectivity index (χ1n) is 8.49. The van der Waals surface area contributed by atoms with Gasteiger partial charge in [-0.3, -0.25) is 24.6 Å². The van der Waals surface area contributed by atoms with Crippen LogP contribution in [0.15, 0.2) is 65.6 Å². The minimum Gasteiger partial charge on any atom is -0.490 e. The number of hydrogen-bond acceptors (Lipinski definition) is 6. The highest BCUT2D eigenvalue weighted by Crippen LogP contribution is 2.31. The fraction of sp³-hybridized carbons (Fsp3) is 0.100. The van der Waals surface area contributed by atoms with Crippen molar-refractivity contribution in [3.63, 3.8) is 0 Å². The number of thioether (sulfide) groups is 1. The minimum atomic E-state index is -0.479. The second-order valence-corrected chi connectivity index (χ2v) is 7.25. The van der Waals surface area contributed by atoms with E-state index in [2.05, 4.69) is 0 Å². The van der Waals surface area contributed by atoms with Gasteiger partial charge in [0.2, 0.25) is 0 Å². The Kier molecular flexibility index (Phi) is 6.69. The molecule has 148 valence electrons. The van der Waals surface area contributed by atoms with Crippen molar-refractivity contribution in [2.75, 3.05) is 13.2 Å². The first-order chi connectivity index (χ1) is 14.0. The van der Waals surface area contributed by atoms with Gasteiger partial charge in [-0.1, -0.05) is 48.0 Å². The molecule has 1 aliphatic rings.